The molecule has 2 aromatic carbocycles. The number of benzene rings is 2. The zero-order valence-corrected chi connectivity index (χ0v) is 17.4. The summed E-state index contributed by atoms with van der Waals surface area (Å²) in [7, 11) is 0. The number of carbonyl (C=O) groups is 1. The van der Waals surface area contributed by atoms with Crippen LogP contribution in [0.2, 0.25) is 0 Å². The topological polar surface area (TPSA) is 54.9 Å². The second-order valence-corrected chi connectivity index (χ2v) is 7.90. The molecule has 1 N–H and O–H groups in total. The van der Waals surface area contributed by atoms with Crippen molar-refractivity contribution in [1.29, 1.82) is 0 Å². The van der Waals surface area contributed by atoms with Crippen LogP contribution in [-0.2, 0) is 0 Å². The molecule has 0 aliphatic rings. The van der Waals surface area contributed by atoms with E-state index in [0.29, 0.717) is 5.56 Å². The Balaban J connectivity index is 1.58. The Morgan fingerprint density at radius 3 is 2.38 bits per heavy atom. The standard InChI is InChI=1S/C24H21N3OS/c1-15-4-5-19(24-26-17(3)14-29-24)12-22(15)18-6-8-20(9-7-18)27-23(28)21-10-11-25-13-16(21)2/h4-14H,1-3H3,(H,27,28). The summed E-state index contributed by atoms with van der Waals surface area (Å²) in [4.78, 5) is 21.1. The van der Waals surface area contributed by atoms with Crippen LogP contribution in [0, 0.1) is 20.8 Å². The van der Waals surface area contributed by atoms with Crippen molar-refractivity contribution >= 4 is 22.9 Å². The largest absolute Gasteiger partial charge is 0.322 e. The molecule has 29 heavy (non-hydrogen) atoms. The molecule has 2 aromatic heterocycles. The van der Waals surface area contributed by atoms with Gasteiger partial charge in [0.1, 0.15) is 5.01 Å². The van der Waals surface area contributed by atoms with Crippen molar-refractivity contribution in [3.8, 4) is 21.7 Å². The molecule has 144 valence electrons. The average Bonchev–Trinajstić information content (AvgIpc) is 3.16. The molecule has 0 aliphatic heterocycles. The lowest BCUT2D eigenvalue weighted by atomic mass is 9.98. The number of pyridine rings is 1. The van der Waals surface area contributed by atoms with Crippen LogP contribution in [-0.4, -0.2) is 15.9 Å². The molecule has 0 saturated carbocycles. The highest BCUT2D eigenvalue weighted by Crippen LogP contribution is 2.31. The zero-order chi connectivity index (χ0) is 20.4. The molecule has 0 bridgehead atoms. The highest BCUT2D eigenvalue weighted by Gasteiger charge is 2.10. The molecule has 4 rings (SSSR count). The predicted octanol–water partition coefficient (Wildman–Crippen LogP) is 6.05. The molecule has 0 saturated heterocycles. The molecule has 2 heterocycles. The lowest BCUT2D eigenvalue weighted by Crippen LogP contribution is -2.13. The Morgan fingerprint density at radius 2 is 1.69 bits per heavy atom. The molecule has 0 fully saturated rings. The third-order valence-corrected chi connectivity index (χ3v) is 5.83. The van der Waals surface area contributed by atoms with Gasteiger partial charge >= 0.3 is 0 Å². The summed E-state index contributed by atoms with van der Waals surface area (Å²) >= 11 is 1.66. The van der Waals surface area contributed by atoms with Gasteiger partial charge in [0.25, 0.3) is 5.91 Å². The van der Waals surface area contributed by atoms with Crippen molar-refractivity contribution in [3.63, 3.8) is 0 Å². The Morgan fingerprint density at radius 1 is 0.931 bits per heavy atom. The Kier molecular flexibility index (Phi) is 5.23. The van der Waals surface area contributed by atoms with Gasteiger partial charge < -0.3 is 5.32 Å². The van der Waals surface area contributed by atoms with Crippen molar-refractivity contribution in [2.45, 2.75) is 20.8 Å². The van der Waals surface area contributed by atoms with E-state index in [1.165, 1.54) is 11.1 Å². The average molecular weight is 400 g/mol. The van der Waals surface area contributed by atoms with Crippen molar-refractivity contribution < 1.29 is 4.79 Å². The van der Waals surface area contributed by atoms with E-state index < -0.39 is 0 Å². The lowest BCUT2D eigenvalue weighted by molar-refractivity contribution is 0.102. The number of nitrogens with zero attached hydrogens (tertiary/aromatic N) is 2. The van der Waals surface area contributed by atoms with E-state index in [0.717, 1.165) is 33.1 Å². The number of anilines is 1. The number of nitrogens with one attached hydrogen (secondary N) is 1. The smallest absolute Gasteiger partial charge is 0.256 e. The third kappa shape index (κ3) is 4.10. The van der Waals surface area contributed by atoms with Crippen molar-refractivity contribution in [2.24, 2.45) is 0 Å². The Hall–Kier alpha value is -3.31. The van der Waals surface area contributed by atoms with Gasteiger partial charge in [0.2, 0.25) is 0 Å². The van der Waals surface area contributed by atoms with Gasteiger partial charge in [-0.3, -0.25) is 9.78 Å². The third-order valence-electron chi connectivity index (χ3n) is 4.82. The second kappa shape index (κ2) is 7.97. The molecule has 0 unspecified atom stereocenters. The summed E-state index contributed by atoms with van der Waals surface area (Å²) < 4.78 is 0. The molecule has 4 aromatic rings. The SMILES string of the molecule is Cc1csc(-c2ccc(C)c(-c3ccc(NC(=O)c4ccncc4C)cc3)c2)n1. The number of thiazole rings is 1. The molecule has 1 amide bonds. The van der Waals surface area contributed by atoms with Crippen LogP contribution in [0.1, 0.15) is 27.2 Å². The minimum Gasteiger partial charge on any atom is -0.322 e. The van der Waals surface area contributed by atoms with Crippen LogP contribution in [0.25, 0.3) is 21.7 Å². The number of rotatable bonds is 4. The first-order chi connectivity index (χ1) is 14.0. The van der Waals surface area contributed by atoms with Crippen molar-refractivity contribution in [2.75, 3.05) is 5.32 Å². The predicted molar refractivity (Wildman–Crippen MR) is 119 cm³/mol. The van der Waals surface area contributed by atoms with Crippen LogP contribution in [0.15, 0.2) is 66.3 Å². The fraction of sp³-hybridized carbons (Fsp3) is 0.125. The Bertz CT molecular complexity index is 1180. The van der Waals surface area contributed by atoms with Gasteiger partial charge in [0.05, 0.1) is 0 Å². The number of carbonyl (C=O) groups excluding carboxylic acids is 1. The van der Waals surface area contributed by atoms with E-state index in [1.54, 1.807) is 29.8 Å². The highest BCUT2D eigenvalue weighted by molar-refractivity contribution is 7.13. The van der Waals surface area contributed by atoms with Gasteiger partial charge in [0, 0.05) is 40.3 Å². The van der Waals surface area contributed by atoms with Crippen LogP contribution >= 0.6 is 11.3 Å². The monoisotopic (exact) mass is 399 g/mol. The van der Waals surface area contributed by atoms with Crippen LogP contribution < -0.4 is 5.32 Å². The molecule has 0 spiro atoms. The van der Waals surface area contributed by atoms with E-state index in [4.69, 9.17) is 0 Å². The zero-order valence-electron chi connectivity index (χ0n) is 16.6. The minimum absolute atomic E-state index is 0.130. The van der Waals surface area contributed by atoms with E-state index in [2.05, 4.69) is 45.8 Å². The van der Waals surface area contributed by atoms with Crippen LogP contribution in [0.4, 0.5) is 5.69 Å². The summed E-state index contributed by atoms with van der Waals surface area (Å²) in [6, 6.07) is 16.1. The number of hydrogen-bond acceptors (Lipinski definition) is 4. The molecule has 5 heteroatoms. The normalized spacial score (nSPS) is 10.7. The van der Waals surface area contributed by atoms with E-state index in [9.17, 15) is 4.79 Å². The van der Waals surface area contributed by atoms with Crippen LogP contribution in [0.5, 0.6) is 0 Å². The fourth-order valence-electron chi connectivity index (χ4n) is 3.21. The molecule has 4 nitrogen and oxygen atoms in total. The quantitative estimate of drug-likeness (QED) is 0.454. The summed E-state index contributed by atoms with van der Waals surface area (Å²) in [5.74, 6) is -0.130. The highest BCUT2D eigenvalue weighted by atomic mass is 32.1. The van der Waals surface area contributed by atoms with Gasteiger partial charge in [-0.05, 0) is 67.3 Å². The van der Waals surface area contributed by atoms with E-state index in [1.807, 2.05) is 38.1 Å². The summed E-state index contributed by atoms with van der Waals surface area (Å²) in [5.41, 5.74) is 7.88. The number of aromatic nitrogens is 2. The van der Waals surface area contributed by atoms with Crippen molar-refractivity contribution in [3.05, 3.63) is 88.7 Å². The first-order valence-electron chi connectivity index (χ1n) is 9.37. The molecular weight excluding hydrogens is 378 g/mol. The van der Waals surface area contributed by atoms with E-state index in [-0.39, 0.29) is 5.91 Å². The van der Waals surface area contributed by atoms with Gasteiger partial charge in [-0.1, -0.05) is 24.3 Å². The molecule has 0 aliphatic carbocycles. The fourth-order valence-corrected chi connectivity index (χ4v) is 4.01. The second-order valence-electron chi connectivity index (χ2n) is 7.05. The van der Waals surface area contributed by atoms with Crippen molar-refractivity contribution in [1.82, 2.24) is 9.97 Å². The summed E-state index contributed by atoms with van der Waals surface area (Å²) in [6.07, 6.45) is 3.32. The number of hydrogen-bond donors (Lipinski definition) is 1. The van der Waals surface area contributed by atoms with Gasteiger partial charge in [0.15, 0.2) is 0 Å². The van der Waals surface area contributed by atoms with Gasteiger partial charge in [-0.2, -0.15) is 0 Å². The molecular formula is C24H21N3OS. The lowest BCUT2D eigenvalue weighted by Gasteiger charge is -2.11. The minimum atomic E-state index is -0.130. The summed E-state index contributed by atoms with van der Waals surface area (Å²) in [5, 5.41) is 6.05. The number of amides is 1. The van der Waals surface area contributed by atoms with E-state index >= 15 is 0 Å². The maximum atomic E-state index is 12.5. The molecule has 0 radical (unpaired) electrons. The molecule has 0 atom stereocenters. The Labute approximate surface area is 174 Å². The number of aryl methyl sites for hydroxylation is 3. The maximum Gasteiger partial charge on any atom is 0.256 e. The van der Waals surface area contributed by atoms with Crippen LogP contribution in [0.3, 0.4) is 0 Å². The first-order valence-corrected chi connectivity index (χ1v) is 10.2. The van der Waals surface area contributed by atoms with Gasteiger partial charge in [-0.25, -0.2) is 4.98 Å². The maximum absolute atomic E-state index is 12.5. The van der Waals surface area contributed by atoms with Gasteiger partial charge in [-0.15, -0.1) is 11.3 Å². The first kappa shape index (κ1) is 19.0. The summed E-state index contributed by atoms with van der Waals surface area (Å²) in [6.45, 7) is 5.99.